The van der Waals surface area contributed by atoms with Crippen LogP contribution in [0.25, 0.3) is 11.1 Å². The standard InChI is InChI=1S/C25H32N4O3S/c1-4-10-19(2)26-24(30)18-33-25-28-27-23(29(25)15-16-31-3)17-32-22-14-9-8-13-21(22)20-11-6-5-7-12-20/h5-9,11-14,19H,4,10,15-18H2,1-3H3,(H,26,30). The van der Waals surface area contributed by atoms with Gasteiger partial charge in [0, 0.05) is 25.3 Å². The van der Waals surface area contributed by atoms with E-state index in [4.69, 9.17) is 9.47 Å². The first kappa shape index (κ1) is 24.8. The molecule has 33 heavy (non-hydrogen) atoms. The van der Waals surface area contributed by atoms with Crippen LogP contribution in [0.1, 0.15) is 32.5 Å². The molecule has 0 aliphatic carbocycles. The van der Waals surface area contributed by atoms with Crippen molar-refractivity contribution in [1.82, 2.24) is 20.1 Å². The number of rotatable bonds is 13. The molecule has 0 aliphatic rings. The van der Waals surface area contributed by atoms with E-state index in [1.54, 1.807) is 7.11 Å². The number of carbonyl (C=O) groups excluding carboxylic acids is 1. The number of para-hydroxylation sites is 1. The number of hydrogen-bond acceptors (Lipinski definition) is 6. The number of nitrogens with zero attached hydrogens (tertiary/aromatic N) is 3. The van der Waals surface area contributed by atoms with E-state index in [1.165, 1.54) is 11.8 Å². The van der Waals surface area contributed by atoms with Gasteiger partial charge in [0.25, 0.3) is 0 Å². The number of amides is 1. The molecule has 0 saturated carbocycles. The molecule has 2 aromatic carbocycles. The van der Waals surface area contributed by atoms with Crippen LogP contribution < -0.4 is 10.1 Å². The Balaban J connectivity index is 1.69. The Labute approximate surface area is 199 Å². The van der Waals surface area contributed by atoms with Gasteiger partial charge in [0.1, 0.15) is 12.4 Å². The SMILES string of the molecule is CCCC(C)NC(=O)CSc1nnc(COc2ccccc2-c2ccccc2)n1CCOC. The largest absolute Gasteiger partial charge is 0.485 e. The molecular weight excluding hydrogens is 436 g/mol. The lowest BCUT2D eigenvalue weighted by Crippen LogP contribution is -2.33. The zero-order chi connectivity index (χ0) is 23.5. The van der Waals surface area contributed by atoms with Crippen molar-refractivity contribution < 1.29 is 14.3 Å². The second-order valence-corrected chi connectivity index (χ2v) is 8.68. The quantitative estimate of drug-likeness (QED) is 0.370. The predicted molar refractivity (Wildman–Crippen MR) is 131 cm³/mol. The van der Waals surface area contributed by atoms with Gasteiger partial charge in [0.15, 0.2) is 11.0 Å². The molecule has 7 nitrogen and oxygen atoms in total. The number of hydrogen-bond donors (Lipinski definition) is 1. The van der Waals surface area contributed by atoms with Gasteiger partial charge >= 0.3 is 0 Å². The lowest BCUT2D eigenvalue weighted by molar-refractivity contribution is -0.119. The van der Waals surface area contributed by atoms with Crippen LogP contribution in [-0.4, -0.2) is 46.2 Å². The minimum absolute atomic E-state index is 0.00294. The Hall–Kier alpha value is -2.84. The Morgan fingerprint density at radius 3 is 2.64 bits per heavy atom. The Morgan fingerprint density at radius 1 is 1.12 bits per heavy atom. The number of thioether (sulfide) groups is 1. The smallest absolute Gasteiger partial charge is 0.230 e. The van der Waals surface area contributed by atoms with E-state index in [0.717, 1.165) is 29.7 Å². The highest BCUT2D eigenvalue weighted by molar-refractivity contribution is 7.99. The summed E-state index contributed by atoms with van der Waals surface area (Å²) in [4.78, 5) is 12.3. The Morgan fingerprint density at radius 2 is 1.88 bits per heavy atom. The zero-order valence-electron chi connectivity index (χ0n) is 19.5. The molecule has 0 bridgehead atoms. The fraction of sp³-hybridized carbons (Fsp3) is 0.400. The lowest BCUT2D eigenvalue weighted by Gasteiger charge is -2.14. The molecule has 3 rings (SSSR count). The van der Waals surface area contributed by atoms with Crippen molar-refractivity contribution in [2.75, 3.05) is 19.5 Å². The number of ether oxygens (including phenoxy) is 2. The number of aromatic nitrogens is 3. The second-order valence-electron chi connectivity index (χ2n) is 7.74. The molecular formula is C25H32N4O3S. The molecule has 0 fully saturated rings. The van der Waals surface area contributed by atoms with Crippen LogP contribution in [0.15, 0.2) is 59.8 Å². The van der Waals surface area contributed by atoms with Crippen LogP contribution in [-0.2, 0) is 22.7 Å². The molecule has 0 saturated heterocycles. The van der Waals surface area contributed by atoms with Crippen LogP contribution in [0.5, 0.6) is 5.75 Å². The van der Waals surface area contributed by atoms with Crippen LogP contribution in [0.3, 0.4) is 0 Å². The van der Waals surface area contributed by atoms with Gasteiger partial charge in [-0.05, 0) is 25.0 Å². The highest BCUT2D eigenvalue weighted by Crippen LogP contribution is 2.30. The molecule has 1 atom stereocenters. The van der Waals surface area contributed by atoms with Gasteiger partial charge in [-0.1, -0.05) is 73.6 Å². The summed E-state index contributed by atoms with van der Waals surface area (Å²) in [6, 6.07) is 18.3. The average Bonchev–Trinajstić information content (AvgIpc) is 3.22. The van der Waals surface area contributed by atoms with Crippen LogP contribution in [0.2, 0.25) is 0 Å². The van der Waals surface area contributed by atoms with Crippen LogP contribution in [0.4, 0.5) is 0 Å². The maximum absolute atomic E-state index is 12.3. The third-order valence-corrected chi connectivity index (χ3v) is 6.07. The molecule has 0 radical (unpaired) electrons. The molecule has 0 spiro atoms. The molecule has 1 amide bonds. The van der Waals surface area contributed by atoms with E-state index < -0.39 is 0 Å². The van der Waals surface area contributed by atoms with E-state index in [9.17, 15) is 4.79 Å². The molecule has 1 unspecified atom stereocenters. The summed E-state index contributed by atoms with van der Waals surface area (Å²) < 4.78 is 13.4. The molecule has 1 heterocycles. The predicted octanol–water partition coefficient (Wildman–Crippen LogP) is 4.57. The molecule has 8 heteroatoms. The summed E-state index contributed by atoms with van der Waals surface area (Å²) >= 11 is 1.37. The van der Waals surface area contributed by atoms with E-state index in [0.29, 0.717) is 24.1 Å². The van der Waals surface area contributed by atoms with Crippen molar-refractivity contribution in [3.8, 4) is 16.9 Å². The minimum atomic E-state index is -0.00294. The summed E-state index contributed by atoms with van der Waals surface area (Å²) in [6.45, 7) is 5.49. The Kier molecular flexibility index (Phi) is 9.77. The minimum Gasteiger partial charge on any atom is -0.485 e. The summed E-state index contributed by atoms with van der Waals surface area (Å²) in [5.74, 6) is 1.76. The van der Waals surface area contributed by atoms with Crippen molar-refractivity contribution in [1.29, 1.82) is 0 Å². The second kappa shape index (κ2) is 13.0. The first-order chi connectivity index (χ1) is 16.1. The van der Waals surface area contributed by atoms with Gasteiger partial charge in [-0.25, -0.2) is 0 Å². The zero-order valence-corrected chi connectivity index (χ0v) is 20.3. The first-order valence-corrected chi connectivity index (χ1v) is 12.2. The molecule has 0 aliphatic heterocycles. The van der Waals surface area contributed by atoms with Gasteiger partial charge in [-0.15, -0.1) is 10.2 Å². The monoisotopic (exact) mass is 468 g/mol. The molecule has 176 valence electrons. The summed E-state index contributed by atoms with van der Waals surface area (Å²) in [6.07, 6.45) is 2.00. The number of carbonyl (C=O) groups is 1. The molecule has 1 N–H and O–H groups in total. The fourth-order valence-corrected chi connectivity index (χ4v) is 4.28. The molecule has 3 aromatic rings. The fourth-order valence-electron chi connectivity index (χ4n) is 3.48. The number of benzene rings is 2. The molecule has 1 aromatic heterocycles. The maximum atomic E-state index is 12.3. The average molecular weight is 469 g/mol. The maximum Gasteiger partial charge on any atom is 0.230 e. The van der Waals surface area contributed by atoms with Gasteiger partial charge in [0.05, 0.1) is 12.4 Å². The summed E-state index contributed by atoms with van der Waals surface area (Å²) in [5, 5.41) is 12.3. The number of methoxy groups -OCH3 is 1. The van der Waals surface area contributed by atoms with Gasteiger partial charge in [-0.2, -0.15) is 0 Å². The normalized spacial score (nSPS) is 11.8. The highest BCUT2D eigenvalue weighted by Gasteiger charge is 2.16. The third-order valence-electron chi connectivity index (χ3n) is 5.10. The lowest BCUT2D eigenvalue weighted by atomic mass is 10.1. The van der Waals surface area contributed by atoms with Gasteiger partial charge in [0.2, 0.25) is 5.91 Å². The third kappa shape index (κ3) is 7.33. The summed E-state index contributed by atoms with van der Waals surface area (Å²) in [7, 11) is 1.66. The van der Waals surface area contributed by atoms with E-state index >= 15 is 0 Å². The van der Waals surface area contributed by atoms with Gasteiger partial charge in [-0.3, -0.25) is 4.79 Å². The topological polar surface area (TPSA) is 78.3 Å². The number of nitrogens with one attached hydrogen (secondary N) is 1. The summed E-state index contributed by atoms with van der Waals surface area (Å²) in [5.41, 5.74) is 2.11. The van der Waals surface area contributed by atoms with E-state index in [2.05, 4.69) is 34.6 Å². The first-order valence-electron chi connectivity index (χ1n) is 11.2. The van der Waals surface area contributed by atoms with E-state index in [-0.39, 0.29) is 24.3 Å². The van der Waals surface area contributed by atoms with Crippen molar-refractivity contribution in [3.05, 3.63) is 60.4 Å². The highest BCUT2D eigenvalue weighted by atomic mass is 32.2. The van der Waals surface area contributed by atoms with Crippen molar-refractivity contribution in [3.63, 3.8) is 0 Å². The van der Waals surface area contributed by atoms with Crippen molar-refractivity contribution >= 4 is 17.7 Å². The van der Waals surface area contributed by atoms with E-state index in [1.807, 2.05) is 54.0 Å². The van der Waals surface area contributed by atoms with Crippen molar-refractivity contribution in [2.45, 2.75) is 51.0 Å². The van der Waals surface area contributed by atoms with Crippen LogP contribution in [0, 0.1) is 0 Å². The van der Waals surface area contributed by atoms with Gasteiger partial charge < -0.3 is 19.4 Å². The Bertz CT molecular complexity index is 1010. The van der Waals surface area contributed by atoms with Crippen molar-refractivity contribution in [2.24, 2.45) is 0 Å². The van der Waals surface area contributed by atoms with Crippen LogP contribution >= 0.6 is 11.8 Å².